The molecule has 3 rings (SSSR count). The smallest absolute Gasteiger partial charge is 0.231 e. The van der Waals surface area contributed by atoms with Gasteiger partial charge >= 0.3 is 0 Å². The summed E-state index contributed by atoms with van der Waals surface area (Å²) in [6.07, 6.45) is 1.47. The van der Waals surface area contributed by atoms with Crippen molar-refractivity contribution in [1.29, 1.82) is 0 Å². The van der Waals surface area contributed by atoms with Crippen LogP contribution in [0.5, 0.6) is 5.75 Å². The first-order valence-electron chi connectivity index (χ1n) is 8.05. The van der Waals surface area contributed by atoms with Crippen LogP contribution in [0.2, 0.25) is 0 Å². The average molecular weight is 360 g/mol. The minimum atomic E-state index is -3.57. The molecule has 1 aliphatic rings. The molecule has 0 radical (unpaired) electrons. The number of primary amides is 1. The van der Waals surface area contributed by atoms with Gasteiger partial charge in [0.15, 0.2) is 0 Å². The van der Waals surface area contributed by atoms with E-state index in [0.29, 0.717) is 12.3 Å². The lowest BCUT2D eigenvalue weighted by atomic mass is 10.0. The molecule has 0 saturated heterocycles. The molecule has 1 heterocycles. The quantitative estimate of drug-likeness (QED) is 0.809. The fourth-order valence-corrected chi connectivity index (χ4v) is 4.11. The number of sulfone groups is 1. The topological polar surface area (TPSA) is 98.5 Å². The minimum Gasteiger partial charge on any atom is -0.489 e. The molecule has 25 heavy (non-hydrogen) atoms. The molecular formula is C18H20N2O4S. The highest BCUT2D eigenvalue weighted by Gasteiger charge is 2.23. The lowest BCUT2D eigenvalue weighted by Gasteiger charge is -2.26. The fraction of sp³-hybridized carbons (Fsp3) is 0.278. The Labute approximate surface area is 146 Å². The predicted molar refractivity (Wildman–Crippen MR) is 93.1 cm³/mol. The van der Waals surface area contributed by atoms with Gasteiger partial charge in [0.05, 0.1) is 16.3 Å². The van der Waals surface area contributed by atoms with Crippen LogP contribution < -0.4 is 15.8 Å². The molecule has 0 bridgehead atoms. The van der Waals surface area contributed by atoms with E-state index in [0.717, 1.165) is 18.4 Å². The van der Waals surface area contributed by atoms with Crippen molar-refractivity contribution in [2.24, 2.45) is 5.73 Å². The van der Waals surface area contributed by atoms with E-state index in [-0.39, 0.29) is 22.4 Å². The van der Waals surface area contributed by atoms with E-state index in [4.69, 9.17) is 10.5 Å². The Morgan fingerprint density at radius 3 is 2.64 bits per heavy atom. The van der Waals surface area contributed by atoms with Crippen LogP contribution in [0.3, 0.4) is 0 Å². The molecule has 0 aliphatic carbocycles. The Morgan fingerprint density at radius 1 is 1.16 bits per heavy atom. The number of hydrogen-bond donors (Lipinski definition) is 2. The summed E-state index contributed by atoms with van der Waals surface area (Å²) in [6.45, 7) is 0.577. The Balaban J connectivity index is 1.79. The highest BCUT2D eigenvalue weighted by atomic mass is 32.2. The van der Waals surface area contributed by atoms with Crippen molar-refractivity contribution in [3.63, 3.8) is 0 Å². The zero-order valence-electron chi connectivity index (χ0n) is 13.6. The maximum atomic E-state index is 12.7. The van der Waals surface area contributed by atoms with Crippen molar-refractivity contribution in [3.05, 3.63) is 54.1 Å². The summed E-state index contributed by atoms with van der Waals surface area (Å²) in [6, 6.07) is 13.3. The molecule has 0 spiro atoms. The van der Waals surface area contributed by atoms with Gasteiger partial charge in [-0.05, 0) is 42.7 Å². The number of nitrogens with one attached hydrogen (secondary N) is 1. The number of nitrogens with two attached hydrogens (primary N) is 1. The second kappa shape index (κ2) is 7.25. The van der Waals surface area contributed by atoms with Crippen LogP contribution in [-0.2, 0) is 21.1 Å². The van der Waals surface area contributed by atoms with Gasteiger partial charge in [0.25, 0.3) is 0 Å². The highest BCUT2D eigenvalue weighted by Crippen LogP contribution is 2.32. The van der Waals surface area contributed by atoms with Crippen LogP contribution in [0.1, 0.15) is 12.0 Å². The van der Waals surface area contributed by atoms with Crippen LogP contribution in [0.25, 0.3) is 0 Å². The van der Waals surface area contributed by atoms with Crippen LogP contribution in [0.15, 0.2) is 58.3 Å². The van der Waals surface area contributed by atoms with Crippen LogP contribution in [0.4, 0.5) is 0 Å². The lowest BCUT2D eigenvalue weighted by molar-refractivity contribution is -0.117. The maximum absolute atomic E-state index is 12.7. The van der Waals surface area contributed by atoms with Crippen molar-refractivity contribution in [1.82, 2.24) is 5.32 Å². The van der Waals surface area contributed by atoms with Crippen LogP contribution in [-0.4, -0.2) is 33.5 Å². The Morgan fingerprint density at radius 2 is 1.92 bits per heavy atom. The molecule has 3 N–H and O–H groups in total. The van der Waals surface area contributed by atoms with Crippen LogP contribution in [0, 0.1) is 0 Å². The van der Waals surface area contributed by atoms with Gasteiger partial charge in [-0.1, -0.05) is 24.3 Å². The standard InChI is InChI=1S/C18H20N2O4S/c19-18(21)12-20-11-14-8-6-13-7-9-16(10-17(13)24-14)25(22,23)15-4-2-1-3-5-15/h1-5,7,9-10,14,20H,6,8,11-12H2,(H2,19,21). The van der Waals surface area contributed by atoms with Crippen LogP contribution >= 0.6 is 0 Å². The Bertz CT molecular complexity index is 866. The van der Waals surface area contributed by atoms with Crippen molar-refractivity contribution in [2.45, 2.75) is 28.7 Å². The maximum Gasteiger partial charge on any atom is 0.231 e. The van der Waals surface area contributed by atoms with Gasteiger partial charge in [-0.25, -0.2) is 8.42 Å². The molecule has 2 aromatic carbocycles. The molecule has 132 valence electrons. The van der Waals surface area contributed by atoms with E-state index < -0.39 is 15.7 Å². The van der Waals surface area contributed by atoms with Gasteiger partial charge in [0.1, 0.15) is 11.9 Å². The fourth-order valence-electron chi connectivity index (χ4n) is 2.81. The summed E-state index contributed by atoms with van der Waals surface area (Å²) >= 11 is 0. The number of ether oxygens (including phenoxy) is 1. The third kappa shape index (κ3) is 4.00. The average Bonchev–Trinajstić information content (AvgIpc) is 2.61. The summed E-state index contributed by atoms with van der Waals surface area (Å²) in [5.74, 6) is 0.154. The number of rotatable bonds is 6. The molecule has 1 unspecified atom stereocenters. The van der Waals surface area contributed by atoms with Gasteiger partial charge in [-0.3, -0.25) is 4.79 Å². The monoisotopic (exact) mass is 360 g/mol. The normalized spacial score (nSPS) is 16.7. The Hall–Kier alpha value is -2.38. The summed E-state index contributed by atoms with van der Waals surface area (Å²) in [7, 11) is -3.57. The third-order valence-electron chi connectivity index (χ3n) is 4.10. The van der Waals surface area contributed by atoms with E-state index in [1.54, 1.807) is 48.5 Å². The van der Waals surface area contributed by atoms with Gasteiger partial charge < -0.3 is 15.8 Å². The largest absolute Gasteiger partial charge is 0.489 e. The molecule has 1 atom stereocenters. The van der Waals surface area contributed by atoms with Gasteiger partial charge in [0, 0.05) is 6.54 Å². The molecule has 0 fully saturated rings. The number of fused-ring (bicyclic) bond motifs is 1. The molecule has 2 aromatic rings. The van der Waals surface area contributed by atoms with E-state index in [1.807, 2.05) is 0 Å². The molecule has 0 aromatic heterocycles. The second-order valence-electron chi connectivity index (χ2n) is 5.96. The molecule has 7 heteroatoms. The number of amides is 1. The summed E-state index contributed by atoms with van der Waals surface area (Å²) < 4.78 is 31.4. The number of aryl methyl sites for hydroxylation is 1. The zero-order valence-corrected chi connectivity index (χ0v) is 14.5. The van der Waals surface area contributed by atoms with Crippen molar-refractivity contribution in [2.75, 3.05) is 13.1 Å². The van der Waals surface area contributed by atoms with Crippen molar-refractivity contribution in [3.8, 4) is 5.75 Å². The van der Waals surface area contributed by atoms with E-state index in [2.05, 4.69) is 5.32 Å². The third-order valence-corrected chi connectivity index (χ3v) is 5.87. The molecule has 1 amide bonds. The highest BCUT2D eigenvalue weighted by molar-refractivity contribution is 7.91. The van der Waals surface area contributed by atoms with Gasteiger partial charge in [-0.2, -0.15) is 0 Å². The first kappa shape index (κ1) is 17.4. The first-order chi connectivity index (χ1) is 12.0. The van der Waals surface area contributed by atoms with E-state index in [1.165, 1.54) is 0 Å². The molecular weight excluding hydrogens is 340 g/mol. The summed E-state index contributed by atoms with van der Waals surface area (Å²) in [5, 5.41) is 2.94. The zero-order chi connectivity index (χ0) is 17.9. The number of hydrogen-bond acceptors (Lipinski definition) is 5. The lowest BCUT2D eigenvalue weighted by Crippen LogP contribution is -2.38. The van der Waals surface area contributed by atoms with Crippen molar-refractivity contribution >= 4 is 15.7 Å². The second-order valence-corrected chi connectivity index (χ2v) is 7.91. The van der Waals surface area contributed by atoms with E-state index in [9.17, 15) is 13.2 Å². The summed E-state index contributed by atoms with van der Waals surface area (Å²) in [5.41, 5.74) is 6.08. The molecule has 1 aliphatic heterocycles. The number of carbonyl (C=O) groups is 1. The minimum absolute atomic E-state index is 0.0924. The Kier molecular flexibility index (Phi) is 5.06. The predicted octanol–water partition coefficient (Wildman–Crippen LogP) is 1.29. The molecule has 0 saturated carbocycles. The van der Waals surface area contributed by atoms with E-state index >= 15 is 0 Å². The van der Waals surface area contributed by atoms with Crippen molar-refractivity contribution < 1.29 is 17.9 Å². The van der Waals surface area contributed by atoms with Gasteiger partial charge in [0.2, 0.25) is 15.7 Å². The molecule has 6 nitrogen and oxygen atoms in total. The number of benzene rings is 2. The van der Waals surface area contributed by atoms with Gasteiger partial charge in [-0.15, -0.1) is 0 Å². The summed E-state index contributed by atoms with van der Waals surface area (Å²) in [4.78, 5) is 11.2. The number of carbonyl (C=O) groups excluding carboxylic acids is 1. The SMILES string of the molecule is NC(=O)CNCC1CCc2ccc(S(=O)(=O)c3ccccc3)cc2O1. The first-order valence-corrected chi connectivity index (χ1v) is 9.54.